The zero-order valence-corrected chi connectivity index (χ0v) is 15.7. The van der Waals surface area contributed by atoms with Crippen molar-refractivity contribution in [3.05, 3.63) is 96.1 Å². The fourth-order valence-corrected chi connectivity index (χ4v) is 2.98. The van der Waals surface area contributed by atoms with Crippen molar-refractivity contribution in [2.24, 2.45) is 0 Å². The number of anilines is 2. The molecule has 0 fully saturated rings. The van der Waals surface area contributed by atoms with Crippen LogP contribution in [0, 0.1) is 0 Å². The third kappa shape index (κ3) is 6.40. The molecule has 0 radical (unpaired) electrons. The van der Waals surface area contributed by atoms with Gasteiger partial charge in [-0.2, -0.15) is 0 Å². The molecule has 28 heavy (non-hydrogen) atoms. The van der Waals surface area contributed by atoms with Crippen LogP contribution in [-0.2, 0) is 22.4 Å². The van der Waals surface area contributed by atoms with Crippen LogP contribution in [0.5, 0.6) is 0 Å². The Bertz CT molecular complexity index is 908. The smallest absolute Gasteiger partial charge is 0.228 e. The molecule has 0 unspecified atom stereocenters. The fourth-order valence-electron chi connectivity index (χ4n) is 2.98. The maximum Gasteiger partial charge on any atom is 0.228 e. The van der Waals surface area contributed by atoms with Crippen LogP contribution in [0.1, 0.15) is 24.0 Å². The first-order valence-corrected chi connectivity index (χ1v) is 9.47. The Morgan fingerprint density at radius 3 is 1.86 bits per heavy atom. The molecule has 0 heterocycles. The van der Waals surface area contributed by atoms with E-state index >= 15 is 0 Å². The molecule has 2 amide bonds. The first-order chi connectivity index (χ1) is 13.7. The second kappa shape index (κ2) is 10.1. The quantitative estimate of drug-likeness (QED) is 0.595. The number of aryl methyl sites for hydroxylation is 1. The summed E-state index contributed by atoms with van der Waals surface area (Å²) in [5, 5.41) is 5.78. The molecule has 0 spiro atoms. The summed E-state index contributed by atoms with van der Waals surface area (Å²) >= 11 is 0. The summed E-state index contributed by atoms with van der Waals surface area (Å²) in [5.74, 6) is -0.110. The SMILES string of the molecule is O=C(CCCc1ccccc1)Nc1cccc(NC(=O)Cc2ccccc2)c1. The molecule has 0 atom stereocenters. The molecule has 3 aromatic carbocycles. The van der Waals surface area contributed by atoms with Gasteiger partial charge in [0.15, 0.2) is 0 Å². The molecule has 3 aromatic rings. The van der Waals surface area contributed by atoms with E-state index in [1.807, 2.05) is 66.7 Å². The van der Waals surface area contributed by atoms with E-state index in [2.05, 4.69) is 22.8 Å². The Morgan fingerprint density at radius 1 is 0.643 bits per heavy atom. The van der Waals surface area contributed by atoms with Crippen molar-refractivity contribution in [2.45, 2.75) is 25.7 Å². The Labute approximate surface area is 165 Å². The Morgan fingerprint density at radius 2 is 1.21 bits per heavy atom. The lowest BCUT2D eigenvalue weighted by molar-refractivity contribution is -0.116. The van der Waals surface area contributed by atoms with Crippen molar-refractivity contribution in [3.63, 3.8) is 0 Å². The second-order valence-corrected chi connectivity index (χ2v) is 6.68. The van der Waals surface area contributed by atoms with Crippen molar-refractivity contribution in [3.8, 4) is 0 Å². The normalized spacial score (nSPS) is 10.3. The van der Waals surface area contributed by atoms with Crippen LogP contribution >= 0.6 is 0 Å². The minimum absolute atomic E-state index is 0.0244. The van der Waals surface area contributed by atoms with Crippen molar-refractivity contribution in [2.75, 3.05) is 10.6 Å². The lowest BCUT2D eigenvalue weighted by atomic mass is 10.1. The summed E-state index contributed by atoms with van der Waals surface area (Å²) in [7, 11) is 0. The minimum atomic E-state index is -0.0856. The highest BCUT2D eigenvalue weighted by molar-refractivity contribution is 5.94. The number of hydrogen-bond acceptors (Lipinski definition) is 2. The maximum atomic E-state index is 12.2. The fraction of sp³-hybridized carbons (Fsp3) is 0.167. The molecular formula is C24H24N2O2. The average molecular weight is 372 g/mol. The highest BCUT2D eigenvalue weighted by atomic mass is 16.2. The first kappa shape index (κ1) is 19.4. The van der Waals surface area contributed by atoms with E-state index in [-0.39, 0.29) is 11.8 Å². The number of carbonyl (C=O) groups excluding carboxylic acids is 2. The van der Waals surface area contributed by atoms with Crippen LogP contribution in [-0.4, -0.2) is 11.8 Å². The van der Waals surface area contributed by atoms with E-state index in [0.29, 0.717) is 24.2 Å². The van der Waals surface area contributed by atoms with Gasteiger partial charge in [0, 0.05) is 17.8 Å². The molecule has 0 aliphatic rings. The van der Waals surface area contributed by atoms with Gasteiger partial charge in [-0.3, -0.25) is 9.59 Å². The summed E-state index contributed by atoms with van der Waals surface area (Å²) in [4.78, 5) is 24.4. The van der Waals surface area contributed by atoms with E-state index in [1.165, 1.54) is 5.56 Å². The number of rotatable bonds is 8. The molecule has 0 saturated heterocycles. The zero-order valence-electron chi connectivity index (χ0n) is 15.7. The average Bonchev–Trinajstić information content (AvgIpc) is 2.70. The number of carbonyl (C=O) groups is 2. The minimum Gasteiger partial charge on any atom is -0.326 e. The van der Waals surface area contributed by atoms with E-state index in [1.54, 1.807) is 6.07 Å². The molecule has 142 valence electrons. The number of amides is 2. The van der Waals surface area contributed by atoms with Gasteiger partial charge in [-0.1, -0.05) is 66.7 Å². The van der Waals surface area contributed by atoms with E-state index in [4.69, 9.17) is 0 Å². The third-order valence-corrected chi connectivity index (χ3v) is 4.35. The standard InChI is InChI=1S/C24H24N2O2/c27-23(16-7-13-19-9-3-1-4-10-19)25-21-14-8-15-22(18-21)26-24(28)17-20-11-5-2-6-12-20/h1-6,8-12,14-15,18H,7,13,16-17H2,(H,25,27)(H,26,28). The van der Waals surface area contributed by atoms with Gasteiger partial charge < -0.3 is 10.6 Å². The molecule has 0 aliphatic heterocycles. The monoisotopic (exact) mass is 372 g/mol. The molecular weight excluding hydrogens is 348 g/mol. The van der Waals surface area contributed by atoms with Crippen LogP contribution in [0.3, 0.4) is 0 Å². The van der Waals surface area contributed by atoms with E-state index in [0.717, 1.165) is 18.4 Å². The number of hydrogen-bond donors (Lipinski definition) is 2. The summed E-state index contributed by atoms with van der Waals surface area (Å²) in [6.45, 7) is 0. The summed E-state index contributed by atoms with van der Waals surface area (Å²) in [6, 6.07) is 27.0. The Hall–Kier alpha value is -3.40. The number of benzene rings is 3. The van der Waals surface area contributed by atoms with Crippen molar-refractivity contribution in [1.82, 2.24) is 0 Å². The first-order valence-electron chi connectivity index (χ1n) is 9.47. The zero-order chi connectivity index (χ0) is 19.6. The molecule has 0 aliphatic carbocycles. The molecule has 0 bridgehead atoms. The summed E-state index contributed by atoms with van der Waals surface area (Å²) in [5.41, 5.74) is 3.55. The lowest BCUT2D eigenvalue weighted by Crippen LogP contribution is -2.15. The van der Waals surface area contributed by atoms with Gasteiger partial charge in [-0.05, 0) is 42.2 Å². The molecule has 0 saturated carbocycles. The van der Waals surface area contributed by atoms with Gasteiger partial charge in [0.1, 0.15) is 0 Å². The largest absolute Gasteiger partial charge is 0.326 e. The maximum absolute atomic E-state index is 12.2. The van der Waals surface area contributed by atoms with Crippen LogP contribution in [0.4, 0.5) is 11.4 Å². The summed E-state index contributed by atoms with van der Waals surface area (Å²) < 4.78 is 0. The topological polar surface area (TPSA) is 58.2 Å². The molecule has 3 rings (SSSR count). The lowest BCUT2D eigenvalue weighted by Gasteiger charge is -2.09. The van der Waals surface area contributed by atoms with Crippen molar-refractivity contribution < 1.29 is 9.59 Å². The summed E-state index contributed by atoms with van der Waals surface area (Å²) in [6.07, 6.45) is 2.45. The van der Waals surface area contributed by atoms with Gasteiger partial charge in [0.05, 0.1) is 6.42 Å². The van der Waals surface area contributed by atoms with E-state index < -0.39 is 0 Å². The van der Waals surface area contributed by atoms with E-state index in [9.17, 15) is 9.59 Å². The van der Waals surface area contributed by atoms with Crippen molar-refractivity contribution in [1.29, 1.82) is 0 Å². The van der Waals surface area contributed by atoms with Crippen LogP contribution in [0.2, 0.25) is 0 Å². The second-order valence-electron chi connectivity index (χ2n) is 6.68. The highest BCUT2D eigenvalue weighted by Crippen LogP contribution is 2.16. The number of nitrogens with one attached hydrogen (secondary N) is 2. The molecule has 4 heteroatoms. The predicted molar refractivity (Wildman–Crippen MR) is 113 cm³/mol. The molecule has 0 aromatic heterocycles. The molecule has 2 N–H and O–H groups in total. The van der Waals surface area contributed by atoms with Gasteiger partial charge in [-0.15, -0.1) is 0 Å². The van der Waals surface area contributed by atoms with Gasteiger partial charge in [0.25, 0.3) is 0 Å². The Balaban J connectivity index is 1.47. The highest BCUT2D eigenvalue weighted by Gasteiger charge is 2.06. The Kier molecular flexibility index (Phi) is 6.96. The van der Waals surface area contributed by atoms with Crippen LogP contribution in [0.25, 0.3) is 0 Å². The van der Waals surface area contributed by atoms with Gasteiger partial charge >= 0.3 is 0 Å². The van der Waals surface area contributed by atoms with Crippen LogP contribution < -0.4 is 10.6 Å². The van der Waals surface area contributed by atoms with Gasteiger partial charge in [-0.25, -0.2) is 0 Å². The molecule has 4 nitrogen and oxygen atoms in total. The van der Waals surface area contributed by atoms with Crippen LogP contribution in [0.15, 0.2) is 84.9 Å². The predicted octanol–water partition coefficient (Wildman–Crippen LogP) is 4.83. The third-order valence-electron chi connectivity index (χ3n) is 4.35. The van der Waals surface area contributed by atoms with Gasteiger partial charge in [0.2, 0.25) is 11.8 Å². The van der Waals surface area contributed by atoms with Crippen molar-refractivity contribution >= 4 is 23.2 Å².